The van der Waals surface area contributed by atoms with Crippen molar-refractivity contribution in [2.45, 2.75) is 45.4 Å². The lowest BCUT2D eigenvalue weighted by molar-refractivity contribution is 0.0734. The number of azo groups is 1. The van der Waals surface area contributed by atoms with Crippen molar-refractivity contribution in [1.82, 2.24) is 0 Å². The first-order valence-corrected chi connectivity index (χ1v) is 12.4. The highest BCUT2D eigenvalue weighted by Gasteiger charge is 2.12. The van der Waals surface area contributed by atoms with Crippen LogP contribution in [0.4, 0.5) is 21.5 Å². The van der Waals surface area contributed by atoms with Gasteiger partial charge in [-0.2, -0.15) is 5.11 Å². The zero-order chi connectivity index (χ0) is 25.8. The molecule has 3 aromatic rings. The van der Waals surface area contributed by atoms with Crippen molar-refractivity contribution in [3.05, 3.63) is 78.1 Å². The Labute approximate surface area is 212 Å². The van der Waals surface area contributed by atoms with Crippen LogP contribution in [0.3, 0.4) is 0 Å². The molecular formula is C29H34FN3O3. The standard InChI is InChI=1S/C29H34FN3O3/c1-4-5-6-7-8-9-20-35-25-15-17-26(18-16-25)36-29(34)22-10-19-28(27(30)21-22)32-31-23-11-13-24(14-12-23)33(2)3/h10-19,21H,4-9,20H2,1-3H3. The normalized spacial score (nSPS) is 11.0. The number of ether oxygens (including phenoxy) is 2. The number of rotatable bonds is 13. The first kappa shape index (κ1) is 26.9. The van der Waals surface area contributed by atoms with Gasteiger partial charge in [0.25, 0.3) is 0 Å². The lowest BCUT2D eigenvalue weighted by Crippen LogP contribution is -2.08. The minimum Gasteiger partial charge on any atom is -0.494 e. The summed E-state index contributed by atoms with van der Waals surface area (Å²) in [5.74, 6) is -0.230. The van der Waals surface area contributed by atoms with E-state index in [0.717, 1.165) is 30.3 Å². The van der Waals surface area contributed by atoms with Crippen molar-refractivity contribution >= 4 is 23.0 Å². The molecule has 0 saturated heterocycles. The van der Waals surface area contributed by atoms with Crippen molar-refractivity contribution in [1.29, 1.82) is 0 Å². The Bertz CT molecular complexity index is 1130. The van der Waals surface area contributed by atoms with E-state index in [1.165, 1.54) is 37.8 Å². The van der Waals surface area contributed by atoms with Gasteiger partial charge in [0.05, 0.1) is 17.9 Å². The molecule has 36 heavy (non-hydrogen) atoms. The fraction of sp³-hybridized carbons (Fsp3) is 0.345. The van der Waals surface area contributed by atoms with Crippen LogP contribution in [0.2, 0.25) is 0 Å². The van der Waals surface area contributed by atoms with Gasteiger partial charge in [-0.25, -0.2) is 9.18 Å². The SMILES string of the molecule is CCCCCCCCOc1ccc(OC(=O)c2ccc(N=Nc3ccc(N(C)C)cc3)c(F)c2)cc1. The third-order valence-corrected chi connectivity index (χ3v) is 5.62. The molecule has 190 valence electrons. The van der Waals surface area contributed by atoms with E-state index in [9.17, 15) is 9.18 Å². The number of carbonyl (C=O) groups excluding carboxylic acids is 1. The van der Waals surface area contributed by atoms with Crippen LogP contribution in [0.25, 0.3) is 0 Å². The van der Waals surface area contributed by atoms with Gasteiger partial charge in [-0.3, -0.25) is 0 Å². The van der Waals surface area contributed by atoms with E-state index < -0.39 is 11.8 Å². The van der Waals surface area contributed by atoms with E-state index in [2.05, 4.69) is 17.2 Å². The number of halogens is 1. The number of hydrogen-bond acceptors (Lipinski definition) is 6. The molecule has 0 spiro atoms. The number of nitrogens with zero attached hydrogens (tertiary/aromatic N) is 3. The number of unbranched alkanes of at least 4 members (excludes halogenated alkanes) is 5. The zero-order valence-electron chi connectivity index (χ0n) is 21.2. The number of carbonyl (C=O) groups is 1. The summed E-state index contributed by atoms with van der Waals surface area (Å²) in [6.45, 7) is 2.87. The van der Waals surface area contributed by atoms with Gasteiger partial charge in [-0.15, -0.1) is 5.11 Å². The maximum atomic E-state index is 14.5. The summed E-state index contributed by atoms with van der Waals surface area (Å²) >= 11 is 0. The quantitative estimate of drug-likeness (QED) is 0.104. The van der Waals surface area contributed by atoms with Gasteiger partial charge < -0.3 is 14.4 Å². The van der Waals surface area contributed by atoms with Crippen molar-refractivity contribution in [2.24, 2.45) is 10.2 Å². The summed E-state index contributed by atoms with van der Waals surface area (Å²) in [5, 5.41) is 8.03. The molecule has 7 heteroatoms. The number of anilines is 1. The molecule has 0 fully saturated rings. The average Bonchev–Trinajstić information content (AvgIpc) is 2.88. The lowest BCUT2D eigenvalue weighted by atomic mass is 10.1. The Morgan fingerprint density at radius 1 is 0.833 bits per heavy atom. The van der Waals surface area contributed by atoms with E-state index in [1.54, 1.807) is 36.4 Å². The molecule has 0 heterocycles. The van der Waals surface area contributed by atoms with Crippen LogP contribution in [0.5, 0.6) is 11.5 Å². The van der Waals surface area contributed by atoms with Gasteiger partial charge in [0, 0.05) is 19.8 Å². The van der Waals surface area contributed by atoms with Crippen LogP contribution >= 0.6 is 0 Å². The Morgan fingerprint density at radius 2 is 1.50 bits per heavy atom. The molecule has 0 radical (unpaired) electrons. The van der Waals surface area contributed by atoms with Gasteiger partial charge in [0.1, 0.15) is 17.2 Å². The highest BCUT2D eigenvalue weighted by molar-refractivity contribution is 5.91. The van der Waals surface area contributed by atoms with Crippen molar-refractivity contribution in [2.75, 3.05) is 25.6 Å². The second-order valence-corrected chi connectivity index (χ2v) is 8.75. The maximum Gasteiger partial charge on any atom is 0.343 e. The predicted octanol–water partition coefficient (Wildman–Crippen LogP) is 8.27. The topological polar surface area (TPSA) is 63.5 Å². The molecule has 0 bridgehead atoms. The second kappa shape index (κ2) is 14.0. The molecule has 0 aliphatic heterocycles. The first-order chi connectivity index (χ1) is 17.5. The third kappa shape index (κ3) is 8.48. The van der Waals surface area contributed by atoms with Crippen LogP contribution in [0, 0.1) is 5.82 Å². The minimum absolute atomic E-state index is 0.0371. The summed E-state index contributed by atoms with van der Waals surface area (Å²) in [4.78, 5) is 14.4. The van der Waals surface area contributed by atoms with Gasteiger partial charge in [-0.05, 0) is 73.2 Å². The third-order valence-electron chi connectivity index (χ3n) is 5.62. The van der Waals surface area contributed by atoms with Gasteiger partial charge >= 0.3 is 5.97 Å². The maximum absolute atomic E-state index is 14.5. The molecule has 0 aliphatic carbocycles. The Morgan fingerprint density at radius 3 is 2.17 bits per heavy atom. The molecule has 0 unspecified atom stereocenters. The monoisotopic (exact) mass is 491 g/mol. The molecule has 0 N–H and O–H groups in total. The Balaban J connectivity index is 1.50. The number of esters is 1. The minimum atomic E-state index is -0.656. The fourth-order valence-corrected chi connectivity index (χ4v) is 3.49. The summed E-state index contributed by atoms with van der Waals surface area (Å²) in [6, 6.07) is 18.2. The highest BCUT2D eigenvalue weighted by Crippen LogP contribution is 2.25. The van der Waals surface area contributed by atoms with Crippen molar-refractivity contribution in [3.63, 3.8) is 0 Å². The van der Waals surface area contributed by atoms with Gasteiger partial charge in [0.2, 0.25) is 0 Å². The van der Waals surface area contributed by atoms with Crippen LogP contribution in [-0.4, -0.2) is 26.7 Å². The summed E-state index contributed by atoms with van der Waals surface area (Å²) in [6.07, 6.45) is 7.23. The summed E-state index contributed by atoms with van der Waals surface area (Å²) in [7, 11) is 3.89. The smallest absolute Gasteiger partial charge is 0.343 e. The summed E-state index contributed by atoms with van der Waals surface area (Å²) in [5.41, 5.74) is 1.75. The van der Waals surface area contributed by atoms with E-state index in [-0.39, 0.29) is 11.3 Å². The van der Waals surface area contributed by atoms with Crippen LogP contribution in [0.1, 0.15) is 55.8 Å². The molecule has 6 nitrogen and oxygen atoms in total. The van der Waals surface area contributed by atoms with E-state index in [0.29, 0.717) is 18.0 Å². The van der Waals surface area contributed by atoms with Gasteiger partial charge in [-0.1, -0.05) is 39.0 Å². The summed E-state index contributed by atoms with van der Waals surface area (Å²) < 4.78 is 25.6. The number of hydrogen-bond donors (Lipinski definition) is 0. The van der Waals surface area contributed by atoms with Gasteiger partial charge in [0.15, 0.2) is 5.82 Å². The molecule has 0 aliphatic rings. The zero-order valence-corrected chi connectivity index (χ0v) is 21.2. The van der Waals surface area contributed by atoms with Crippen LogP contribution in [-0.2, 0) is 0 Å². The largest absolute Gasteiger partial charge is 0.494 e. The molecular weight excluding hydrogens is 457 g/mol. The lowest BCUT2D eigenvalue weighted by Gasteiger charge is -2.11. The van der Waals surface area contributed by atoms with Crippen molar-refractivity contribution < 1.29 is 18.7 Å². The van der Waals surface area contributed by atoms with E-state index in [1.807, 2.05) is 31.1 Å². The average molecular weight is 492 g/mol. The molecule has 3 rings (SSSR count). The molecule has 0 aromatic heterocycles. The second-order valence-electron chi connectivity index (χ2n) is 8.75. The molecule has 0 amide bonds. The van der Waals surface area contributed by atoms with Crippen LogP contribution < -0.4 is 14.4 Å². The number of benzene rings is 3. The predicted molar refractivity (Wildman–Crippen MR) is 142 cm³/mol. The Hall–Kier alpha value is -3.74. The van der Waals surface area contributed by atoms with E-state index >= 15 is 0 Å². The molecule has 0 atom stereocenters. The van der Waals surface area contributed by atoms with Crippen molar-refractivity contribution in [3.8, 4) is 11.5 Å². The Kier molecular flexibility index (Phi) is 10.4. The highest BCUT2D eigenvalue weighted by atomic mass is 19.1. The molecule has 3 aromatic carbocycles. The first-order valence-electron chi connectivity index (χ1n) is 12.4. The molecule has 0 saturated carbocycles. The van der Waals surface area contributed by atoms with Crippen LogP contribution in [0.15, 0.2) is 77.0 Å². The van der Waals surface area contributed by atoms with E-state index in [4.69, 9.17) is 9.47 Å². The fourth-order valence-electron chi connectivity index (χ4n) is 3.49.